The Bertz CT molecular complexity index is 988. The van der Waals surface area contributed by atoms with Crippen molar-refractivity contribution in [3.63, 3.8) is 0 Å². The minimum Gasteiger partial charge on any atom is -0.465 e. The molecule has 2 aliphatic heterocycles. The summed E-state index contributed by atoms with van der Waals surface area (Å²) in [5, 5.41) is 7.38. The molecule has 0 aromatic heterocycles. The van der Waals surface area contributed by atoms with Gasteiger partial charge in [-0.2, -0.15) is 5.01 Å². The Kier molecular flexibility index (Phi) is 5.79. The zero-order valence-electron chi connectivity index (χ0n) is 17.2. The standard InChI is InChI=1S/C19H20N4O7S/c1-19(2)17(28)21-18(31)22-13(24)8-12(23(19)22)14(25)20-11-6-9(15(26)29-3)5-10(7-11)16(27)30-4/h5-7,12H,8H2,1-4H3,(H,20,25)(H,21,28,31)/t12-/m1/s1. The fourth-order valence-electron chi connectivity index (χ4n) is 3.46. The number of rotatable bonds is 4. The van der Waals surface area contributed by atoms with Crippen LogP contribution in [0.25, 0.3) is 0 Å². The molecular weight excluding hydrogens is 428 g/mol. The number of anilines is 1. The zero-order chi connectivity index (χ0) is 23.1. The highest BCUT2D eigenvalue weighted by molar-refractivity contribution is 7.80. The maximum atomic E-state index is 13.1. The normalized spacial score (nSPS) is 20.1. The van der Waals surface area contributed by atoms with E-state index < -0.39 is 41.2 Å². The van der Waals surface area contributed by atoms with Gasteiger partial charge in [0, 0.05) is 5.69 Å². The third kappa shape index (κ3) is 3.86. The molecule has 31 heavy (non-hydrogen) atoms. The van der Waals surface area contributed by atoms with Crippen LogP contribution in [0, 0.1) is 0 Å². The predicted octanol–water partition coefficient (Wildman–Crippen LogP) is 0.210. The molecular formula is C19H20N4O7S. The van der Waals surface area contributed by atoms with Crippen LogP contribution in [0.2, 0.25) is 0 Å². The molecule has 0 saturated carbocycles. The van der Waals surface area contributed by atoms with Gasteiger partial charge in [0.25, 0.3) is 0 Å². The Morgan fingerprint density at radius 2 is 1.65 bits per heavy atom. The maximum Gasteiger partial charge on any atom is 0.337 e. The molecule has 11 nitrogen and oxygen atoms in total. The van der Waals surface area contributed by atoms with E-state index in [1.807, 2.05) is 0 Å². The maximum absolute atomic E-state index is 13.1. The summed E-state index contributed by atoms with van der Waals surface area (Å²) in [4.78, 5) is 61.9. The van der Waals surface area contributed by atoms with E-state index in [1.165, 1.54) is 37.4 Å². The Labute approximate surface area is 182 Å². The second kappa shape index (κ2) is 8.04. The fraction of sp³-hybridized carbons (Fsp3) is 0.368. The highest BCUT2D eigenvalue weighted by Crippen LogP contribution is 2.33. The third-order valence-corrected chi connectivity index (χ3v) is 5.28. The molecule has 0 radical (unpaired) electrons. The monoisotopic (exact) mass is 448 g/mol. The number of hydrogen-bond donors (Lipinski definition) is 2. The van der Waals surface area contributed by atoms with Crippen molar-refractivity contribution in [1.29, 1.82) is 0 Å². The average Bonchev–Trinajstić information content (AvgIpc) is 3.09. The average molecular weight is 448 g/mol. The number of nitrogens with one attached hydrogen (secondary N) is 2. The summed E-state index contributed by atoms with van der Waals surface area (Å²) in [7, 11) is 2.35. The predicted molar refractivity (Wildman–Crippen MR) is 110 cm³/mol. The lowest BCUT2D eigenvalue weighted by molar-refractivity contribution is -0.154. The van der Waals surface area contributed by atoms with Crippen molar-refractivity contribution in [2.45, 2.75) is 31.8 Å². The molecule has 0 aliphatic carbocycles. The summed E-state index contributed by atoms with van der Waals surface area (Å²) in [6.45, 7) is 3.12. The van der Waals surface area contributed by atoms with E-state index in [9.17, 15) is 24.0 Å². The lowest BCUT2D eigenvalue weighted by Crippen LogP contribution is -2.71. The van der Waals surface area contributed by atoms with Crippen LogP contribution in [0.1, 0.15) is 41.0 Å². The van der Waals surface area contributed by atoms with Crippen LogP contribution in [0.4, 0.5) is 5.69 Å². The summed E-state index contributed by atoms with van der Waals surface area (Å²) in [5.74, 6) is -2.97. The van der Waals surface area contributed by atoms with Gasteiger partial charge >= 0.3 is 11.9 Å². The largest absolute Gasteiger partial charge is 0.465 e. The van der Waals surface area contributed by atoms with Crippen LogP contribution in [0.3, 0.4) is 0 Å². The molecule has 2 fully saturated rings. The van der Waals surface area contributed by atoms with Gasteiger partial charge in [0.15, 0.2) is 5.11 Å². The number of carbonyl (C=O) groups is 5. The van der Waals surface area contributed by atoms with Gasteiger partial charge in [0.1, 0.15) is 11.6 Å². The molecule has 0 spiro atoms. The number of amides is 3. The van der Waals surface area contributed by atoms with Gasteiger partial charge in [-0.15, -0.1) is 0 Å². The molecule has 12 heteroatoms. The van der Waals surface area contributed by atoms with Crippen LogP contribution < -0.4 is 10.6 Å². The second-order valence-corrected chi connectivity index (χ2v) is 7.75. The Morgan fingerprint density at radius 3 is 2.16 bits per heavy atom. The van der Waals surface area contributed by atoms with Gasteiger partial charge in [-0.1, -0.05) is 0 Å². The fourth-order valence-corrected chi connectivity index (χ4v) is 3.74. The van der Waals surface area contributed by atoms with Crippen LogP contribution in [-0.4, -0.2) is 70.6 Å². The lowest BCUT2D eigenvalue weighted by Gasteiger charge is -2.45. The van der Waals surface area contributed by atoms with E-state index in [1.54, 1.807) is 13.8 Å². The van der Waals surface area contributed by atoms with Crippen LogP contribution in [0.15, 0.2) is 18.2 Å². The number of hydrogen-bond acceptors (Lipinski definition) is 9. The number of fused-ring (bicyclic) bond motifs is 1. The number of benzene rings is 1. The van der Waals surface area contributed by atoms with Gasteiger partial charge < -0.3 is 14.8 Å². The summed E-state index contributed by atoms with van der Waals surface area (Å²) >= 11 is 5.08. The molecule has 0 bridgehead atoms. The molecule has 1 aromatic carbocycles. The summed E-state index contributed by atoms with van der Waals surface area (Å²) in [6, 6.07) is 2.87. The number of carbonyl (C=O) groups excluding carboxylic acids is 5. The first-order valence-corrected chi connectivity index (χ1v) is 9.52. The van der Waals surface area contributed by atoms with Gasteiger partial charge in [-0.05, 0) is 44.3 Å². The van der Waals surface area contributed by atoms with Crippen LogP contribution in [0.5, 0.6) is 0 Å². The molecule has 0 unspecified atom stereocenters. The van der Waals surface area contributed by atoms with Gasteiger partial charge in [0.2, 0.25) is 17.7 Å². The first kappa shape index (κ1) is 22.3. The van der Waals surface area contributed by atoms with Crippen LogP contribution >= 0.6 is 12.2 Å². The number of thiocarbonyl (C=S) groups is 1. The summed E-state index contributed by atoms with van der Waals surface area (Å²) in [5.41, 5.74) is -1.09. The molecule has 2 aliphatic rings. The van der Waals surface area contributed by atoms with Crippen molar-refractivity contribution >= 4 is 52.7 Å². The summed E-state index contributed by atoms with van der Waals surface area (Å²) in [6.07, 6.45) is -0.217. The van der Waals surface area contributed by atoms with E-state index >= 15 is 0 Å². The van der Waals surface area contributed by atoms with E-state index in [-0.39, 0.29) is 28.3 Å². The summed E-state index contributed by atoms with van der Waals surface area (Å²) < 4.78 is 9.36. The van der Waals surface area contributed by atoms with Crippen molar-refractivity contribution in [2.75, 3.05) is 19.5 Å². The van der Waals surface area contributed by atoms with Crippen molar-refractivity contribution < 1.29 is 33.4 Å². The van der Waals surface area contributed by atoms with Crippen molar-refractivity contribution in [3.8, 4) is 0 Å². The minimum atomic E-state index is -1.23. The quantitative estimate of drug-likeness (QED) is 0.490. The first-order chi connectivity index (χ1) is 14.5. The second-order valence-electron chi connectivity index (χ2n) is 7.36. The van der Waals surface area contributed by atoms with E-state index in [0.717, 1.165) is 5.01 Å². The Hall–Kier alpha value is -3.38. The van der Waals surface area contributed by atoms with Crippen molar-refractivity contribution in [1.82, 2.24) is 15.3 Å². The zero-order valence-corrected chi connectivity index (χ0v) is 18.0. The molecule has 1 aromatic rings. The Balaban J connectivity index is 1.94. The smallest absolute Gasteiger partial charge is 0.337 e. The molecule has 164 valence electrons. The lowest BCUT2D eigenvalue weighted by atomic mass is 10.00. The van der Waals surface area contributed by atoms with Gasteiger partial charge in [-0.25, -0.2) is 14.6 Å². The van der Waals surface area contributed by atoms with Gasteiger partial charge in [-0.3, -0.25) is 19.7 Å². The van der Waals surface area contributed by atoms with Crippen LogP contribution in [-0.2, 0) is 23.9 Å². The number of methoxy groups -OCH3 is 2. The Morgan fingerprint density at radius 1 is 1.10 bits per heavy atom. The molecule has 1 atom stereocenters. The van der Waals surface area contributed by atoms with Crippen molar-refractivity contribution in [3.05, 3.63) is 29.3 Å². The van der Waals surface area contributed by atoms with E-state index in [0.29, 0.717) is 0 Å². The third-order valence-electron chi connectivity index (χ3n) is 5.00. The number of nitrogens with zero attached hydrogens (tertiary/aromatic N) is 2. The first-order valence-electron chi connectivity index (χ1n) is 9.11. The molecule has 3 rings (SSSR count). The van der Waals surface area contributed by atoms with E-state index in [2.05, 4.69) is 20.1 Å². The minimum absolute atomic E-state index is 0.0173. The number of hydrazine groups is 1. The van der Waals surface area contributed by atoms with Gasteiger partial charge in [0.05, 0.1) is 31.8 Å². The highest BCUT2D eigenvalue weighted by atomic mass is 32.1. The highest BCUT2D eigenvalue weighted by Gasteiger charge is 2.56. The number of esters is 2. The molecule has 2 heterocycles. The molecule has 2 saturated heterocycles. The topological polar surface area (TPSA) is 134 Å². The molecule has 3 amide bonds. The SMILES string of the molecule is COC(=O)c1cc(NC(=O)[C@H]2CC(=O)N3C(=S)NC(=O)C(C)(C)N23)cc(C(=O)OC)c1. The number of ether oxygens (including phenoxy) is 2. The van der Waals surface area contributed by atoms with E-state index in [4.69, 9.17) is 12.2 Å². The molecule has 2 N–H and O–H groups in total. The van der Waals surface area contributed by atoms with Crippen molar-refractivity contribution in [2.24, 2.45) is 0 Å².